The van der Waals surface area contributed by atoms with E-state index in [1.54, 1.807) is 11.3 Å². The van der Waals surface area contributed by atoms with Gasteiger partial charge in [-0.15, -0.1) is 11.3 Å². The minimum atomic E-state index is -0.446. The van der Waals surface area contributed by atoms with Crippen LogP contribution in [0.4, 0.5) is 17.3 Å². The van der Waals surface area contributed by atoms with Crippen LogP contribution in [0.2, 0.25) is 0 Å². The third-order valence-electron chi connectivity index (χ3n) is 3.80. The van der Waals surface area contributed by atoms with Gasteiger partial charge in [-0.2, -0.15) is 0 Å². The maximum absolute atomic E-state index is 11.5. The first-order chi connectivity index (χ1) is 12.7. The molecular formula is C18H19N5O2S. The van der Waals surface area contributed by atoms with E-state index in [9.17, 15) is 10.1 Å². The summed E-state index contributed by atoms with van der Waals surface area (Å²) >= 11 is 1.66. The summed E-state index contributed by atoms with van der Waals surface area (Å²) < 4.78 is 0. The molecule has 2 N–H and O–H groups in total. The Morgan fingerprint density at radius 1 is 0.962 bits per heavy atom. The summed E-state index contributed by atoms with van der Waals surface area (Å²) in [5.41, 5.74) is 1.04. The molecule has 0 saturated heterocycles. The number of aromatic nitrogens is 2. The first-order valence-electron chi connectivity index (χ1n) is 8.27. The van der Waals surface area contributed by atoms with Gasteiger partial charge >= 0.3 is 5.69 Å². The summed E-state index contributed by atoms with van der Waals surface area (Å²) in [6.07, 6.45) is 2.88. The van der Waals surface area contributed by atoms with Crippen molar-refractivity contribution < 1.29 is 4.92 Å². The molecule has 0 bridgehead atoms. The number of anilines is 2. The van der Waals surface area contributed by atoms with E-state index in [-0.39, 0.29) is 17.3 Å². The lowest BCUT2D eigenvalue weighted by atomic mass is 10.1. The molecule has 26 heavy (non-hydrogen) atoms. The lowest BCUT2D eigenvalue weighted by Gasteiger charge is -2.10. The number of thiophene rings is 1. The largest absolute Gasteiger partial charge is 0.364 e. The van der Waals surface area contributed by atoms with E-state index in [2.05, 4.69) is 20.6 Å². The Hall–Kier alpha value is -3.00. The Morgan fingerprint density at radius 2 is 1.65 bits per heavy atom. The van der Waals surface area contributed by atoms with Gasteiger partial charge in [-0.25, -0.2) is 9.97 Å². The van der Waals surface area contributed by atoms with Crippen molar-refractivity contribution in [3.63, 3.8) is 0 Å². The molecule has 8 heteroatoms. The lowest BCUT2D eigenvalue weighted by Crippen LogP contribution is -2.13. The van der Waals surface area contributed by atoms with Gasteiger partial charge in [-0.05, 0) is 29.9 Å². The second kappa shape index (κ2) is 8.91. The first kappa shape index (κ1) is 17.8. The summed E-state index contributed by atoms with van der Waals surface area (Å²) in [5.74, 6) is 0.475. The fourth-order valence-corrected chi connectivity index (χ4v) is 3.25. The Balaban J connectivity index is 1.64. The molecule has 0 aliphatic rings. The molecule has 7 nitrogen and oxygen atoms in total. The van der Waals surface area contributed by atoms with Gasteiger partial charge in [0.1, 0.15) is 6.33 Å². The maximum atomic E-state index is 11.5. The predicted octanol–water partition coefficient (Wildman–Crippen LogP) is 3.76. The van der Waals surface area contributed by atoms with Crippen LogP contribution in [0.15, 0.2) is 54.2 Å². The van der Waals surface area contributed by atoms with E-state index in [0.29, 0.717) is 13.1 Å². The van der Waals surface area contributed by atoms with Crippen LogP contribution in [0, 0.1) is 10.1 Å². The monoisotopic (exact) mass is 369 g/mol. The number of nitro groups is 1. The second-order valence-corrected chi connectivity index (χ2v) is 6.63. The van der Waals surface area contributed by atoms with Crippen LogP contribution in [0.1, 0.15) is 10.4 Å². The molecule has 3 aromatic rings. The van der Waals surface area contributed by atoms with Crippen molar-refractivity contribution >= 4 is 28.7 Å². The summed E-state index contributed by atoms with van der Waals surface area (Å²) in [5, 5.41) is 19.6. The first-order valence-corrected chi connectivity index (χ1v) is 9.15. The van der Waals surface area contributed by atoms with Gasteiger partial charge in [0.25, 0.3) is 0 Å². The molecule has 0 atom stereocenters. The smallest absolute Gasteiger partial charge is 0.353 e. The Morgan fingerprint density at radius 3 is 2.27 bits per heavy atom. The van der Waals surface area contributed by atoms with Crippen molar-refractivity contribution in [2.45, 2.75) is 12.8 Å². The van der Waals surface area contributed by atoms with E-state index in [1.807, 2.05) is 47.8 Å². The van der Waals surface area contributed by atoms with E-state index in [0.717, 1.165) is 18.4 Å². The normalized spacial score (nSPS) is 10.5. The Bertz CT molecular complexity index is 840. The standard InChI is InChI=1S/C18H19N5O2S/c24-23(25)16-17(19-10-8-14-5-2-1-3-6-14)21-13-22-18(16)20-11-9-15-7-4-12-26-15/h1-7,12-13H,8-11H2,(H2,19,20,21,22). The molecule has 0 spiro atoms. The average Bonchev–Trinajstić information content (AvgIpc) is 3.16. The molecule has 0 amide bonds. The van der Waals surface area contributed by atoms with Crippen LogP contribution >= 0.6 is 11.3 Å². The molecule has 0 saturated carbocycles. The number of hydrogen-bond acceptors (Lipinski definition) is 7. The molecule has 0 unspecified atom stereocenters. The molecule has 0 aliphatic heterocycles. The fourth-order valence-electron chi connectivity index (χ4n) is 2.54. The molecule has 1 aromatic carbocycles. The van der Waals surface area contributed by atoms with E-state index < -0.39 is 4.92 Å². The van der Waals surface area contributed by atoms with Crippen molar-refractivity contribution in [1.29, 1.82) is 0 Å². The Labute approximate surface area is 155 Å². The highest BCUT2D eigenvalue weighted by molar-refractivity contribution is 7.09. The quantitative estimate of drug-likeness (QED) is 0.441. The molecule has 0 radical (unpaired) electrons. The number of nitrogens with one attached hydrogen (secondary N) is 2. The van der Waals surface area contributed by atoms with E-state index in [4.69, 9.17) is 0 Å². The summed E-state index contributed by atoms with van der Waals surface area (Å²) in [7, 11) is 0. The van der Waals surface area contributed by atoms with Crippen LogP contribution in [0.3, 0.4) is 0 Å². The van der Waals surface area contributed by atoms with Crippen molar-refractivity contribution in [3.8, 4) is 0 Å². The third kappa shape index (κ3) is 4.76. The third-order valence-corrected chi connectivity index (χ3v) is 4.73. The van der Waals surface area contributed by atoms with Crippen molar-refractivity contribution in [1.82, 2.24) is 9.97 Å². The predicted molar refractivity (Wildman–Crippen MR) is 104 cm³/mol. The molecule has 134 valence electrons. The van der Waals surface area contributed by atoms with E-state index >= 15 is 0 Å². The van der Waals surface area contributed by atoms with Crippen molar-refractivity contribution in [2.24, 2.45) is 0 Å². The molecular weight excluding hydrogens is 350 g/mol. The zero-order chi connectivity index (χ0) is 18.2. The molecule has 2 heterocycles. The van der Waals surface area contributed by atoms with Crippen LogP contribution in [-0.2, 0) is 12.8 Å². The SMILES string of the molecule is O=[N+]([O-])c1c(NCCc2ccccc2)ncnc1NCCc1cccs1. The molecule has 0 fully saturated rings. The van der Waals surface area contributed by atoms with Gasteiger partial charge in [0.15, 0.2) is 0 Å². The van der Waals surface area contributed by atoms with Gasteiger partial charge in [-0.3, -0.25) is 10.1 Å². The highest BCUT2D eigenvalue weighted by atomic mass is 32.1. The van der Waals surface area contributed by atoms with Gasteiger partial charge in [0, 0.05) is 18.0 Å². The number of hydrogen-bond donors (Lipinski definition) is 2. The number of benzene rings is 1. The van der Waals surface area contributed by atoms with Gasteiger partial charge in [0.2, 0.25) is 11.6 Å². The summed E-state index contributed by atoms with van der Waals surface area (Å²) in [6.45, 7) is 1.12. The molecule has 2 aromatic heterocycles. The minimum Gasteiger partial charge on any atom is -0.364 e. The topological polar surface area (TPSA) is 93.0 Å². The molecule has 3 rings (SSSR count). The van der Waals surface area contributed by atoms with Crippen LogP contribution in [0.5, 0.6) is 0 Å². The minimum absolute atomic E-state index is 0.119. The zero-order valence-corrected chi connectivity index (χ0v) is 14.9. The van der Waals surface area contributed by atoms with Crippen LogP contribution in [-0.4, -0.2) is 28.0 Å². The van der Waals surface area contributed by atoms with Crippen LogP contribution < -0.4 is 10.6 Å². The van der Waals surface area contributed by atoms with Gasteiger partial charge in [0.05, 0.1) is 4.92 Å². The summed E-state index contributed by atoms with van der Waals surface area (Å²) in [4.78, 5) is 20.4. The molecule has 0 aliphatic carbocycles. The van der Waals surface area contributed by atoms with E-state index in [1.165, 1.54) is 11.2 Å². The number of rotatable bonds is 9. The maximum Gasteiger partial charge on any atom is 0.353 e. The second-order valence-electron chi connectivity index (χ2n) is 5.60. The van der Waals surface area contributed by atoms with Crippen molar-refractivity contribution in [3.05, 3.63) is 74.7 Å². The zero-order valence-electron chi connectivity index (χ0n) is 14.1. The Kier molecular flexibility index (Phi) is 6.10. The summed E-state index contributed by atoms with van der Waals surface area (Å²) in [6, 6.07) is 14.0. The highest BCUT2D eigenvalue weighted by Gasteiger charge is 2.22. The van der Waals surface area contributed by atoms with Gasteiger partial charge in [-0.1, -0.05) is 36.4 Å². The van der Waals surface area contributed by atoms with Crippen molar-refractivity contribution in [2.75, 3.05) is 23.7 Å². The average molecular weight is 369 g/mol. The lowest BCUT2D eigenvalue weighted by molar-refractivity contribution is -0.383. The number of nitrogens with zero attached hydrogens (tertiary/aromatic N) is 3. The fraction of sp³-hybridized carbons (Fsp3) is 0.222. The highest BCUT2D eigenvalue weighted by Crippen LogP contribution is 2.28. The van der Waals surface area contributed by atoms with Crippen LogP contribution in [0.25, 0.3) is 0 Å². The van der Waals surface area contributed by atoms with Gasteiger partial charge < -0.3 is 10.6 Å².